The minimum atomic E-state index is 0.629. The first kappa shape index (κ1) is 29.0. The van der Waals surface area contributed by atoms with Gasteiger partial charge in [0.2, 0.25) is 5.89 Å². The van der Waals surface area contributed by atoms with E-state index in [0.717, 1.165) is 61.3 Å². The molecule has 0 amide bonds. The Bertz CT molecular complexity index is 2840. The van der Waals surface area contributed by atoms with Gasteiger partial charge in [0, 0.05) is 38.8 Å². The Morgan fingerprint density at radius 2 is 1.14 bits per heavy atom. The molecule has 51 heavy (non-hydrogen) atoms. The molecule has 0 saturated carbocycles. The van der Waals surface area contributed by atoms with Gasteiger partial charge in [-0.05, 0) is 89.3 Å². The lowest BCUT2D eigenvalue weighted by molar-refractivity contribution is 0.620. The van der Waals surface area contributed by atoms with E-state index < -0.39 is 0 Å². The number of para-hydroxylation sites is 3. The van der Waals surface area contributed by atoms with Crippen LogP contribution in [0.1, 0.15) is 0 Å². The van der Waals surface area contributed by atoms with Gasteiger partial charge in [0.05, 0.1) is 16.7 Å². The quantitative estimate of drug-likeness (QED) is 0.179. The van der Waals surface area contributed by atoms with Crippen LogP contribution in [0.25, 0.3) is 71.9 Å². The van der Waals surface area contributed by atoms with E-state index in [1.165, 1.54) is 21.8 Å². The summed E-state index contributed by atoms with van der Waals surface area (Å²) in [6, 6.07) is 66.2. The van der Waals surface area contributed by atoms with Crippen LogP contribution in [-0.4, -0.2) is 9.55 Å². The lowest BCUT2D eigenvalue weighted by Crippen LogP contribution is -2.10. The molecule has 8 aromatic carbocycles. The molecule has 0 bridgehead atoms. The zero-order valence-electron chi connectivity index (χ0n) is 27.6. The molecule has 2 heterocycles. The van der Waals surface area contributed by atoms with Gasteiger partial charge in [0.25, 0.3) is 0 Å². The highest BCUT2D eigenvalue weighted by Gasteiger charge is 2.21. The number of oxazole rings is 1. The summed E-state index contributed by atoms with van der Waals surface area (Å²) in [5.74, 6) is 0.629. The zero-order chi connectivity index (χ0) is 33.7. The van der Waals surface area contributed by atoms with Crippen molar-refractivity contribution in [2.24, 2.45) is 0 Å². The fourth-order valence-electron chi connectivity index (χ4n) is 7.54. The highest BCUT2D eigenvalue weighted by atomic mass is 16.3. The number of hydrogen-bond acceptors (Lipinski definition) is 3. The van der Waals surface area contributed by atoms with Crippen LogP contribution in [0.15, 0.2) is 192 Å². The van der Waals surface area contributed by atoms with Crippen LogP contribution in [-0.2, 0) is 0 Å². The van der Waals surface area contributed by atoms with E-state index in [4.69, 9.17) is 9.40 Å². The van der Waals surface area contributed by atoms with Crippen LogP contribution in [0, 0.1) is 0 Å². The molecule has 0 aliphatic heterocycles. The Balaban J connectivity index is 1.14. The fourth-order valence-corrected chi connectivity index (χ4v) is 7.54. The molecule has 4 nitrogen and oxygen atoms in total. The van der Waals surface area contributed by atoms with E-state index in [1.807, 2.05) is 36.4 Å². The topological polar surface area (TPSA) is 34.2 Å². The average molecular weight is 654 g/mol. The van der Waals surface area contributed by atoms with Crippen LogP contribution < -0.4 is 4.90 Å². The first-order valence-electron chi connectivity index (χ1n) is 17.2. The lowest BCUT2D eigenvalue weighted by Gasteiger charge is -2.26. The zero-order valence-corrected chi connectivity index (χ0v) is 27.6. The predicted molar refractivity (Wildman–Crippen MR) is 211 cm³/mol. The van der Waals surface area contributed by atoms with Gasteiger partial charge < -0.3 is 13.9 Å². The Morgan fingerprint density at radius 3 is 1.94 bits per heavy atom. The lowest BCUT2D eigenvalue weighted by atomic mass is 9.97. The molecule has 0 aliphatic rings. The molecule has 0 fully saturated rings. The Morgan fingerprint density at radius 1 is 0.471 bits per heavy atom. The van der Waals surface area contributed by atoms with Gasteiger partial charge in [0.1, 0.15) is 5.52 Å². The van der Waals surface area contributed by atoms with Gasteiger partial charge in [-0.1, -0.05) is 115 Å². The van der Waals surface area contributed by atoms with E-state index in [9.17, 15) is 0 Å². The normalized spacial score (nSPS) is 11.5. The summed E-state index contributed by atoms with van der Waals surface area (Å²) in [4.78, 5) is 7.40. The summed E-state index contributed by atoms with van der Waals surface area (Å²) < 4.78 is 8.65. The Labute approximate surface area is 295 Å². The number of fused-ring (bicyclic) bond motifs is 6. The van der Waals surface area contributed by atoms with Crippen LogP contribution in [0.3, 0.4) is 0 Å². The average Bonchev–Trinajstić information content (AvgIpc) is 3.80. The van der Waals surface area contributed by atoms with Crippen LogP contribution in [0.2, 0.25) is 0 Å². The molecule has 0 atom stereocenters. The largest absolute Gasteiger partial charge is 0.436 e. The molecule has 4 heteroatoms. The van der Waals surface area contributed by atoms with Gasteiger partial charge in [0.15, 0.2) is 5.58 Å². The van der Waals surface area contributed by atoms with Crippen molar-refractivity contribution in [2.45, 2.75) is 0 Å². The monoisotopic (exact) mass is 653 g/mol. The summed E-state index contributed by atoms with van der Waals surface area (Å²) in [7, 11) is 0. The molecule has 0 saturated heterocycles. The molecule has 0 spiro atoms. The maximum absolute atomic E-state index is 6.28. The molecule has 240 valence electrons. The predicted octanol–water partition coefficient (Wildman–Crippen LogP) is 12.9. The molecular formula is C47H31N3O. The molecule has 0 radical (unpaired) electrons. The second-order valence-corrected chi connectivity index (χ2v) is 12.8. The minimum Gasteiger partial charge on any atom is -0.436 e. The minimum absolute atomic E-state index is 0.629. The van der Waals surface area contributed by atoms with E-state index in [0.29, 0.717) is 5.89 Å². The van der Waals surface area contributed by atoms with E-state index in [-0.39, 0.29) is 0 Å². The third-order valence-corrected chi connectivity index (χ3v) is 9.80. The summed E-state index contributed by atoms with van der Waals surface area (Å²) in [6.07, 6.45) is 0. The number of nitrogens with zero attached hydrogens (tertiary/aromatic N) is 3. The maximum Gasteiger partial charge on any atom is 0.227 e. The third kappa shape index (κ3) is 4.80. The summed E-state index contributed by atoms with van der Waals surface area (Å²) in [5.41, 5.74) is 11.6. The van der Waals surface area contributed by atoms with E-state index in [2.05, 4.69) is 161 Å². The van der Waals surface area contributed by atoms with Crippen LogP contribution in [0.4, 0.5) is 17.1 Å². The van der Waals surface area contributed by atoms with Crippen LogP contribution in [0.5, 0.6) is 0 Å². The van der Waals surface area contributed by atoms with Crippen molar-refractivity contribution in [2.75, 3.05) is 4.90 Å². The summed E-state index contributed by atoms with van der Waals surface area (Å²) in [5, 5.41) is 4.64. The molecular weight excluding hydrogens is 623 g/mol. The van der Waals surface area contributed by atoms with Gasteiger partial charge in [-0.2, -0.15) is 0 Å². The number of aromatic nitrogens is 2. The van der Waals surface area contributed by atoms with Crippen molar-refractivity contribution >= 4 is 60.7 Å². The molecule has 10 aromatic rings. The maximum atomic E-state index is 6.28. The number of anilines is 3. The highest BCUT2D eigenvalue weighted by molar-refractivity contribution is 6.17. The Hall–Kier alpha value is -6.91. The van der Waals surface area contributed by atoms with Gasteiger partial charge in [-0.3, -0.25) is 0 Å². The molecule has 10 rings (SSSR count). The van der Waals surface area contributed by atoms with E-state index >= 15 is 0 Å². The highest BCUT2D eigenvalue weighted by Crippen LogP contribution is 2.44. The molecule has 2 aromatic heterocycles. The molecule has 0 unspecified atom stereocenters. The fraction of sp³-hybridized carbons (Fsp3) is 0. The second kappa shape index (κ2) is 11.9. The van der Waals surface area contributed by atoms with Crippen molar-refractivity contribution in [3.63, 3.8) is 0 Å². The second-order valence-electron chi connectivity index (χ2n) is 12.8. The van der Waals surface area contributed by atoms with Crippen LogP contribution >= 0.6 is 0 Å². The number of benzene rings is 8. The SMILES string of the molecule is c1ccc(-c2nc3c(ccc4cccc(-c5ccc(N(c6ccccc6)c6cccc7c6c6ccccc6n7-c6ccccc6)cc5)c43)o2)cc1. The molecule has 0 aliphatic carbocycles. The van der Waals surface area contributed by atoms with Crippen molar-refractivity contribution in [3.05, 3.63) is 188 Å². The van der Waals surface area contributed by atoms with Crippen molar-refractivity contribution in [1.29, 1.82) is 0 Å². The van der Waals surface area contributed by atoms with Gasteiger partial charge in [-0.25, -0.2) is 4.98 Å². The molecule has 0 N–H and O–H groups in total. The van der Waals surface area contributed by atoms with Crippen molar-refractivity contribution in [1.82, 2.24) is 9.55 Å². The van der Waals surface area contributed by atoms with E-state index in [1.54, 1.807) is 0 Å². The van der Waals surface area contributed by atoms with Gasteiger partial charge >= 0.3 is 0 Å². The summed E-state index contributed by atoms with van der Waals surface area (Å²) in [6.45, 7) is 0. The van der Waals surface area contributed by atoms with Crippen molar-refractivity contribution in [3.8, 4) is 28.3 Å². The van der Waals surface area contributed by atoms with Gasteiger partial charge in [-0.15, -0.1) is 0 Å². The number of rotatable bonds is 6. The standard InChI is InChI=1S/C47H31N3O/c1-4-14-34(15-5-1)47-48-46-43(51-47)31-28-33-16-12-22-38(44(33)46)32-26-29-37(30-27-32)49(35-17-6-2-7-18-35)41-24-13-25-42-45(41)39-21-10-11-23-40(39)50(42)36-19-8-3-9-20-36/h1-31H. The third-order valence-electron chi connectivity index (χ3n) is 9.80. The Kier molecular flexibility index (Phi) is 6.78. The summed E-state index contributed by atoms with van der Waals surface area (Å²) >= 11 is 0. The first-order chi connectivity index (χ1) is 25.3. The number of hydrogen-bond donors (Lipinski definition) is 0. The smallest absolute Gasteiger partial charge is 0.227 e. The first-order valence-corrected chi connectivity index (χ1v) is 17.2. The van der Waals surface area contributed by atoms with Crippen molar-refractivity contribution < 1.29 is 4.42 Å².